The Balaban J connectivity index is 0.000000160. The molecule has 1 aliphatic heterocycles. The van der Waals surface area contributed by atoms with Crippen molar-refractivity contribution in [1.82, 2.24) is 9.97 Å². The SMILES string of the molecule is COc1cc(NCc2ccc3nc(N)nc(N)c3c2C)cc(OC)c1OC.C[C@]12CC[C@H]3[C@@H](CC[C@@]45O[C@@H]4C(O)=C(C#N)C[C@]35C)[C@@H]1CC[C@@H]2O. The fourth-order valence-electron chi connectivity index (χ4n) is 10.6. The number of aliphatic hydroxyl groups is 2. The van der Waals surface area contributed by atoms with Crippen molar-refractivity contribution in [2.75, 3.05) is 38.1 Å². The lowest BCUT2D eigenvalue weighted by molar-refractivity contribution is -0.116. The number of aliphatic hydroxyl groups excluding tert-OH is 2. The molecule has 0 radical (unpaired) electrons. The highest BCUT2D eigenvalue weighted by molar-refractivity contribution is 5.92. The van der Waals surface area contributed by atoms with Gasteiger partial charge < -0.3 is 45.9 Å². The smallest absolute Gasteiger partial charge is 0.222 e. The van der Waals surface area contributed by atoms with Crippen LogP contribution in [0.25, 0.3) is 10.9 Å². The molecule has 1 saturated heterocycles. The molecule has 272 valence electrons. The summed E-state index contributed by atoms with van der Waals surface area (Å²) in [6.45, 7) is 7.16. The topological polar surface area (TPSA) is 194 Å². The van der Waals surface area contributed by atoms with E-state index in [1.54, 1.807) is 21.3 Å². The van der Waals surface area contributed by atoms with Crippen LogP contribution in [0.15, 0.2) is 35.6 Å². The molecule has 8 rings (SSSR count). The van der Waals surface area contributed by atoms with E-state index in [1.165, 1.54) is 0 Å². The zero-order valence-corrected chi connectivity index (χ0v) is 30.4. The van der Waals surface area contributed by atoms with Crippen molar-refractivity contribution < 1.29 is 29.2 Å². The first kappa shape index (κ1) is 35.0. The number of epoxide rings is 1. The minimum atomic E-state index is -0.241. The lowest BCUT2D eigenvalue weighted by atomic mass is 9.45. The summed E-state index contributed by atoms with van der Waals surface area (Å²) >= 11 is 0. The first-order valence-electron chi connectivity index (χ1n) is 17.9. The zero-order valence-electron chi connectivity index (χ0n) is 30.4. The standard InChI is InChI=1S/C20H27NO3.C19H23N5O3/c1-18-7-6-14-12(13(18)3-4-15(18)22)5-8-20-17(24-20)16(23)11(10-21)9-19(14,20)2;1-10-11(5-6-13-16(10)18(20)24-19(21)23-13)9-22-12-7-14(25-2)17(27-4)15(8-12)26-3/h12-15,17,22-23H,3-9H2,1-2H3;5-8,22H,9H2,1-4H3,(H4,20,21,23,24)/t12-,13-,14-,15-,17+,18-,19+,20+;/m0./s1. The third-order valence-electron chi connectivity index (χ3n) is 13.4. The van der Waals surface area contributed by atoms with Crippen LogP contribution in [-0.2, 0) is 11.3 Å². The highest BCUT2D eigenvalue weighted by atomic mass is 16.6. The molecule has 1 spiro atoms. The Labute approximate surface area is 299 Å². The number of nitrogens with two attached hydrogens (primary N) is 2. The Morgan fingerprint density at radius 1 is 1.00 bits per heavy atom. The second-order valence-corrected chi connectivity index (χ2v) is 15.5. The molecule has 5 aliphatic rings. The maximum atomic E-state index is 10.5. The number of anilines is 3. The summed E-state index contributed by atoms with van der Waals surface area (Å²) in [6.07, 6.45) is 6.65. The van der Waals surface area contributed by atoms with Gasteiger partial charge in [0.25, 0.3) is 0 Å². The van der Waals surface area contributed by atoms with E-state index in [0.717, 1.165) is 66.2 Å². The van der Waals surface area contributed by atoms with Crippen LogP contribution in [0.5, 0.6) is 17.2 Å². The Morgan fingerprint density at radius 2 is 1.73 bits per heavy atom. The number of nitrogens with one attached hydrogen (secondary N) is 1. The van der Waals surface area contributed by atoms with Crippen molar-refractivity contribution in [3.05, 3.63) is 46.7 Å². The number of nitriles is 1. The average molecular weight is 699 g/mol. The number of nitrogens with zero attached hydrogens (tertiary/aromatic N) is 3. The highest BCUT2D eigenvalue weighted by Crippen LogP contribution is 2.73. The van der Waals surface area contributed by atoms with Crippen molar-refractivity contribution in [2.45, 2.75) is 90.1 Å². The van der Waals surface area contributed by atoms with Gasteiger partial charge in [-0.05, 0) is 92.2 Å². The van der Waals surface area contributed by atoms with Gasteiger partial charge in [-0.2, -0.15) is 10.2 Å². The van der Waals surface area contributed by atoms with Crippen LogP contribution in [0, 0.1) is 46.8 Å². The summed E-state index contributed by atoms with van der Waals surface area (Å²) in [5.74, 6) is 4.23. The van der Waals surface area contributed by atoms with Crippen LogP contribution < -0.4 is 31.0 Å². The molecule has 12 nitrogen and oxygen atoms in total. The summed E-state index contributed by atoms with van der Waals surface area (Å²) in [5, 5.41) is 34.5. The van der Waals surface area contributed by atoms with Gasteiger partial charge in [-0.1, -0.05) is 19.9 Å². The van der Waals surface area contributed by atoms with Crippen LogP contribution in [0.2, 0.25) is 0 Å². The van der Waals surface area contributed by atoms with Gasteiger partial charge in [0.05, 0.1) is 44.6 Å². The number of hydrogen-bond donors (Lipinski definition) is 5. The molecule has 2 aromatic carbocycles. The summed E-state index contributed by atoms with van der Waals surface area (Å²) in [4.78, 5) is 8.30. The Kier molecular flexibility index (Phi) is 8.66. The minimum Gasteiger partial charge on any atom is -0.508 e. The maximum Gasteiger partial charge on any atom is 0.222 e. The highest BCUT2D eigenvalue weighted by Gasteiger charge is 2.76. The first-order valence-corrected chi connectivity index (χ1v) is 17.9. The molecule has 0 amide bonds. The quantitative estimate of drug-likeness (QED) is 0.183. The Hall–Kier alpha value is -4.47. The summed E-state index contributed by atoms with van der Waals surface area (Å²) < 4.78 is 22.2. The summed E-state index contributed by atoms with van der Waals surface area (Å²) in [6, 6.07) is 9.83. The minimum absolute atomic E-state index is 0.0489. The van der Waals surface area contributed by atoms with Gasteiger partial charge in [0.1, 0.15) is 23.3 Å². The normalized spacial score (nSPS) is 33.0. The predicted octanol–water partition coefficient (Wildman–Crippen LogP) is 6.21. The monoisotopic (exact) mass is 698 g/mol. The molecule has 3 saturated carbocycles. The summed E-state index contributed by atoms with van der Waals surface area (Å²) in [7, 11) is 4.75. The zero-order chi connectivity index (χ0) is 36.5. The Bertz CT molecular complexity index is 1920. The van der Waals surface area contributed by atoms with Crippen molar-refractivity contribution >= 4 is 28.4 Å². The molecule has 51 heavy (non-hydrogen) atoms. The van der Waals surface area contributed by atoms with Crippen molar-refractivity contribution in [3.8, 4) is 23.3 Å². The van der Waals surface area contributed by atoms with E-state index in [1.807, 2.05) is 31.2 Å². The predicted molar refractivity (Wildman–Crippen MR) is 194 cm³/mol. The second-order valence-electron chi connectivity index (χ2n) is 15.5. The number of aromatic nitrogens is 2. The van der Waals surface area contributed by atoms with Crippen LogP contribution in [0.3, 0.4) is 0 Å². The van der Waals surface area contributed by atoms with E-state index in [-0.39, 0.29) is 40.3 Å². The van der Waals surface area contributed by atoms with E-state index < -0.39 is 0 Å². The van der Waals surface area contributed by atoms with E-state index in [0.29, 0.717) is 59.4 Å². The number of ether oxygens (including phenoxy) is 4. The molecule has 4 fully saturated rings. The average Bonchev–Trinajstić information content (AvgIpc) is 3.79. The van der Waals surface area contributed by atoms with Crippen LogP contribution >= 0.6 is 0 Å². The molecule has 8 atom stereocenters. The van der Waals surface area contributed by atoms with Gasteiger partial charge in [0.2, 0.25) is 11.7 Å². The van der Waals surface area contributed by atoms with Crippen LogP contribution in [0.1, 0.15) is 69.9 Å². The molecule has 2 heterocycles. The molecule has 7 N–H and O–H groups in total. The van der Waals surface area contributed by atoms with Gasteiger partial charge in [-0.3, -0.25) is 0 Å². The molecule has 0 unspecified atom stereocenters. The fourth-order valence-corrected chi connectivity index (χ4v) is 10.6. The van der Waals surface area contributed by atoms with Crippen molar-refractivity contribution in [3.63, 3.8) is 0 Å². The van der Waals surface area contributed by atoms with Gasteiger partial charge in [-0.15, -0.1) is 0 Å². The van der Waals surface area contributed by atoms with E-state index in [4.69, 9.17) is 30.4 Å². The van der Waals surface area contributed by atoms with Crippen LogP contribution in [-0.4, -0.2) is 59.3 Å². The number of hydrogen-bond acceptors (Lipinski definition) is 12. The first-order chi connectivity index (χ1) is 24.3. The number of aryl methyl sites for hydroxylation is 1. The molecule has 12 heteroatoms. The molecular formula is C39H50N6O6. The molecule has 1 aromatic heterocycles. The van der Waals surface area contributed by atoms with E-state index in [2.05, 4.69) is 35.2 Å². The largest absolute Gasteiger partial charge is 0.508 e. The van der Waals surface area contributed by atoms with E-state index in [9.17, 15) is 15.5 Å². The third kappa shape index (κ3) is 5.30. The fraction of sp³-hybridized carbons (Fsp3) is 0.564. The van der Waals surface area contributed by atoms with E-state index >= 15 is 0 Å². The van der Waals surface area contributed by atoms with Crippen molar-refractivity contribution in [2.24, 2.45) is 28.6 Å². The molecular weight excluding hydrogens is 648 g/mol. The number of nitrogen functional groups attached to an aromatic ring is 2. The van der Waals surface area contributed by atoms with Crippen molar-refractivity contribution in [1.29, 1.82) is 5.26 Å². The van der Waals surface area contributed by atoms with Gasteiger partial charge in [-0.25, -0.2) is 4.98 Å². The number of rotatable bonds is 6. The molecule has 0 bridgehead atoms. The lowest BCUT2D eigenvalue weighted by Gasteiger charge is -2.58. The number of fused-ring (bicyclic) bond motifs is 5. The number of benzene rings is 2. The number of allylic oxidation sites excluding steroid dienone is 1. The number of methoxy groups -OCH3 is 3. The Morgan fingerprint density at radius 3 is 2.39 bits per heavy atom. The van der Waals surface area contributed by atoms with Gasteiger partial charge in [0.15, 0.2) is 11.5 Å². The molecule has 3 aromatic rings. The third-order valence-corrected chi connectivity index (χ3v) is 13.4. The lowest BCUT2D eigenvalue weighted by Crippen LogP contribution is -2.57. The van der Waals surface area contributed by atoms with Gasteiger partial charge >= 0.3 is 0 Å². The van der Waals surface area contributed by atoms with Crippen LogP contribution in [0.4, 0.5) is 17.5 Å². The summed E-state index contributed by atoms with van der Waals surface area (Å²) in [5.41, 5.74) is 15.7. The maximum absolute atomic E-state index is 10.5. The van der Waals surface area contributed by atoms with Gasteiger partial charge in [0, 0.05) is 35.2 Å². The second kappa shape index (κ2) is 12.6. The molecule has 4 aliphatic carbocycles.